The second-order valence-corrected chi connectivity index (χ2v) is 2.70. The number of Topliss-reactive ketones (excluding diaryl/α,β-unsaturated/α-hetero) is 1. The molecule has 66 valence electrons. The Balaban J connectivity index is 0. The van der Waals surface area contributed by atoms with E-state index in [1.165, 1.54) is 0 Å². The van der Waals surface area contributed by atoms with Gasteiger partial charge in [-0.2, -0.15) is 0 Å². The number of hydrogen-bond acceptors (Lipinski definition) is 1. The predicted octanol–water partition coefficient (Wildman–Crippen LogP) is -0.403. The molecular formula is C6H11BF3KO. The summed E-state index contributed by atoms with van der Waals surface area (Å²) < 4.78 is 35.6. The van der Waals surface area contributed by atoms with Gasteiger partial charge in [0.25, 0.3) is 0 Å². The fraction of sp³-hybridized carbons (Fsp3) is 0.833. The van der Waals surface area contributed by atoms with Crippen LogP contribution in [0.25, 0.3) is 0 Å². The normalized spacial score (nSPS) is 13.4. The molecule has 0 heterocycles. The third-order valence-electron chi connectivity index (χ3n) is 1.59. The summed E-state index contributed by atoms with van der Waals surface area (Å²) in [6.07, 6.45) is -0.170. The molecular weight excluding hydrogens is 195 g/mol. The number of halogens is 3. The first-order chi connectivity index (χ1) is 4.88. The van der Waals surface area contributed by atoms with E-state index in [-0.39, 0.29) is 70.0 Å². The quantitative estimate of drug-likeness (QED) is 0.572. The molecule has 0 aromatic carbocycles. The molecule has 6 heteroatoms. The molecule has 0 aromatic rings. The van der Waals surface area contributed by atoms with Gasteiger partial charge >= 0.3 is 58.4 Å². The summed E-state index contributed by atoms with van der Waals surface area (Å²) in [5.74, 6) is -1.76. The maximum atomic E-state index is 11.9. The van der Waals surface area contributed by atoms with Crippen molar-refractivity contribution in [2.75, 3.05) is 0 Å². The van der Waals surface area contributed by atoms with Crippen LogP contribution in [0.15, 0.2) is 0 Å². The van der Waals surface area contributed by atoms with Crippen LogP contribution in [0.5, 0.6) is 0 Å². The average molecular weight is 206 g/mol. The van der Waals surface area contributed by atoms with E-state index in [0.717, 1.165) is 6.92 Å². The Bertz CT molecular complexity index is 148. The van der Waals surface area contributed by atoms with Gasteiger partial charge in [-0.05, 0) is 6.42 Å². The van der Waals surface area contributed by atoms with Crippen LogP contribution < -0.4 is 51.4 Å². The molecule has 0 aliphatic carbocycles. The molecule has 0 rings (SSSR count). The standard InChI is InChI=1S/C6H11BF3O.K/c1-3-6(11)4-5(2)7(8,9)10;/h5H,3-4H2,1-2H3;/q-1;+1. The van der Waals surface area contributed by atoms with Gasteiger partial charge in [0, 0.05) is 6.42 Å². The van der Waals surface area contributed by atoms with Crippen LogP contribution >= 0.6 is 0 Å². The molecule has 0 saturated heterocycles. The van der Waals surface area contributed by atoms with Gasteiger partial charge in [-0.3, -0.25) is 4.79 Å². The van der Waals surface area contributed by atoms with Crippen LogP contribution in [-0.2, 0) is 4.79 Å². The van der Waals surface area contributed by atoms with Crippen molar-refractivity contribution in [1.29, 1.82) is 0 Å². The molecule has 0 radical (unpaired) electrons. The first-order valence-corrected chi connectivity index (χ1v) is 3.59. The summed E-state index contributed by atoms with van der Waals surface area (Å²) in [6, 6.07) is 0. The third kappa shape index (κ3) is 6.65. The van der Waals surface area contributed by atoms with Crippen molar-refractivity contribution in [3.8, 4) is 0 Å². The van der Waals surface area contributed by atoms with Crippen LogP contribution in [0.4, 0.5) is 12.9 Å². The molecule has 0 N–H and O–H groups in total. The Morgan fingerprint density at radius 2 is 1.83 bits per heavy atom. The van der Waals surface area contributed by atoms with Gasteiger partial charge in [-0.15, -0.1) is 0 Å². The van der Waals surface area contributed by atoms with Crippen molar-refractivity contribution < 1.29 is 69.1 Å². The number of ketones is 1. The van der Waals surface area contributed by atoms with Crippen LogP contribution in [0.3, 0.4) is 0 Å². The van der Waals surface area contributed by atoms with E-state index in [2.05, 4.69) is 0 Å². The van der Waals surface area contributed by atoms with Gasteiger partial charge in [0.1, 0.15) is 5.78 Å². The average Bonchev–Trinajstić information content (AvgIpc) is 1.85. The second-order valence-electron chi connectivity index (χ2n) is 2.70. The summed E-state index contributed by atoms with van der Waals surface area (Å²) in [5, 5.41) is 0. The summed E-state index contributed by atoms with van der Waals surface area (Å²) >= 11 is 0. The van der Waals surface area contributed by atoms with Gasteiger partial charge in [0.05, 0.1) is 0 Å². The molecule has 1 unspecified atom stereocenters. The summed E-state index contributed by atoms with van der Waals surface area (Å²) in [7, 11) is 0. The van der Waals surface area contributed by atoms with Gasteiger partial charge in [0.15, 0.2) is 0 Å². The van der Waals surface area contributed by atoms with Crippen molar-refractivity contribution >= 4 is 12.8 Å². The van der Waals surface area contributed by atoms with Crippen LogP contribution in [0, 0.1) is 0 Å². The molecule has 0 fully saturated rings. The van der Waals surface area contributed by atoms with Crippen LogP contribution in [0.2, 0.25) is 5.82 Å². The molecule has 0 saturated carbocycles. The van der Waals surface area contributed by atoms with Crippen molar-refractivity contribution in [2.24, 2.45) is 0 Å². The SMILES string of the molecule is CCC(=O)CC(C)[B-](F)(F)F.[K+]. The molecule has 0 aliphatic heterocycles. The number of carbonyl (C=O) groups excluding carboxylic acids is 1. The first kappa shape index (κ1) is 15.6. The molecule has 0 bridgehead atoms. The number of hydrogen-bond donors (Lipinski definition) is 0. The Morgan fingerprint density at radius 3 is 2.08 bits per heavy atom. The largest absolute Gasteiger partial charge is 1.00 e. The maximum absolute atomic E-state index is 11.9. The maximum Gasteiger partial charge on any atom is 1.00 e. The Labute approximate surface area is 113 Å². The number of rotatable bonds is 4. The van der Waals surface area contributed by atoms with Gasteiger partial charge in [0.2, 0.25) is 0 Å². The summed E-state index contributed by atoms with van der Waals surface area (Å²) in [5.41, 5.74) is 0. The minimum atomic E-state index is -4.83. The Kier molecular flexibility index (Phi) is 8.58. The molecule has 12 heavy (non-hydrogen) atoms. The van der Waals surface area contributed by atoms with E-state index in [0.29, 0.717) is 0 Å². The van der Waals surface area contributed by atoms with E-state index in [9.17, 15) is 17.7 Å². The minimum Gasteiger partial charge on any atom is -0.449 e. The number of carbonyl (C=O) groups is 1. The van der Waals surface area contributed by atoms with Gasteiger partial charge in [-0.25, -0.2) is 0 Å². The molecule has 0 aliphatic rings. The molecule has 1 nitrogen and oxygen atoms in total. The van der Waals surface area contributed by atoms with Crippen LogP contribution in [0.1, 0.15) is 26.7 Å². The first-order valence-electron chi connectivity index (χ1n) is 3.59. The molecule has 0 amide bonds. The molecule has 0 aromatic heterocycles. The fourth-order valence-corrected chi connectivity index (χ4v) is 0.637. The van der Waals surface area contributed by atoms with Gasteiger partial charge < -0.3 is 12.9 Å². The van der Waals surface area contributed by atoms with E-state index in [1.807, 2.05) is 0 Å². The zero-order chi connectivity index (χ0) is 9.07. The molecule has 0 spiro atoms. The predicted molar refractivity (Wildman–Crippen MR) is 38.4 cm³/mol. The monoisotopic (exact) mass is 206 g/mol. The van der Waals surface area contributed by atoms with Crippen molar-refractivity contribution in [3.05, 3.63) is 0 Å². The minimum absolute atomic E-state index is 0. The van der Waals surface area contributed by atoms with E-state index in [4.69, 9.17) is 0 Å². The van der Waals surface area contributed by atoms with Crippen LogP contribution in [-0.4, -0.2) is 12.8 Å². The zero-order valence-corrected chi connectivity index (χ0v) is 10.7. The zero-order valence-electron chi connectivity index (χ0n) is 7.61. The van der Waals surface area contributed by atoms with Gasteiger partial charge in [-0.1, -0.05) is 19.7 Å². The summed E-state index contributed by atoms with van der Waals surface area (Å²) in [4.78, 5) is 10.6. The topological polar surface area (TPSA) is 17.1 Å². The van der Waals surface area contributed by atoms with E-state index < -0.39 is 12.8 Å². The Hall–Kier alpha value is 1.16. The molecule has 1 atom stereocenters. The van der Waals surface area contributed by atoms with Crippen molar-refractivity contribution in [1.82, 2.24) is 0 Å². The fourth-order valence-electron chi connectivity index (χ4n) is 0.637. The van der Waals surface area contributed by atoms with Crippen molar-refractivity contribution in [2.45, 2.75) is 32.5 Å². The van der Waals surface area contributed by atoms with E-state index >= 15 is 0 Å². The Morgan fingerprint density at radius 1 is 1.42 bits per heavy atom. The second kappa shape index (κ2) is 6.59. The third-order valence-corrected chi connectivity index (χ3v) is 1.59. The van der Waals surface area contributed by atoms with Crippen molar-refractivity contribution in [3.63, 3.8) is 0 Å². The smallest absolute Gasteiger partial charge is 0.449 e. The van der Waals surface area contributed by atoms with E-state index in [1.54, 1.807) is 6.92 Å². The summed E-state index contributed by atoms with van der Waals surface area (Å²) in [6.45, 7) is -2.21.